The molecular weight excluding hydrogens is 352 g/mol. The summed E-state index contributed by atoms with van der Waals surface area (Å²) >= 11 is 5.99. The highest BCUT2D eigenvalue weighted by Crippen LogP contribution is 2.19. The largest absolute Gasteiger partial charge is 0.444 e. The van der Waals surface area contributed by atoms with E-state index in [-0.39, 0.29) is 11.9 Å². The standard InChI is InChI=1S/C20H23ClN2O3/c1-13(14-7-5-9-16(21)11-14)22-18(24)15-8-6-10-17(12-15)23-19(25)26-20(2,3)4/h5-13H,1-4H3,(H,22,24)(H,23,25). The molecule has 138 valence electrons. The molecule has 0 saturated heterocycles. The van der Waals surface area contributed by atoms with Crippen molar-refractivity contribution in [2.24, 2.45) is 0 Å². The van der Waals surface area contributed by atoms with Gasteiger partial charge in [-0.15, -0.1) is 0 Å². The van der Waals surface area contributed by atoms with Gasteiger partial charge >= 0.3 is 6.09 Å². The van der Waals surface area contributed by atoms with Crippen molar-refractivity contribution in [3.8, 4) is 0 Å². The first-order valence-electron chi connectivity index (χ1n) is 8.30. The van der Waals surface area contributed by atoms with Crippen LogP contribution in [0.2, 0.25) is 5.02 Å². The Morgan fingerprint density at radius 3 is 2.42 bits per heavy atom. The van der Waals surface area contributed by atoms with Crippen molar-refractivity contribution in [1.29, 1.82) is 0 Å². The smallest absolute Gasteiger partial charge is 0.412 e. The molecule has 2 amide bonds. The number of ether oxygens (including phenoxy) is 1. The number of anilines is 1. The lowest BCUT2D eigenvalue weighted by molar-refractivity contribution is 0.0635. The molecule has 0 heterocycles. The van der Waals surface area contributed by atoms with Crippen molar-refractivity contribution in [2.75, 3.05) is 5.32 Å². The first kappa shape index (κ1) is 19.8. The van der Waals surface area contributed by atoms with Crippen molar-refractivity contribution in [3.63, 3.8) is 0 Å². The van der Waals surface area contributed by atoms with Crippen LogP contribution < -0.4 is 10.6 Å². The molecule has 0 spiro atoms. The fourth-order valence-corrected chi connectivity index (χ4v) is 2.50. The number of rotatable bonds is 4. The summed E-state index contributed by atoms with van der Waals surface area (Å²) in [6.45, 7) is 7.24. The second-order valence-electron chi connectivity index (χ2n) is 6.96. The van der Waals surface area contributed by atoms with Crippen LogP contribution in [0.15, 0.2) is 48.5 Å². The lowest BCUT2D eigenvalue weighted by atomic mass is 10.1. The molecule has 1 atom stereocenters. The molecule has 0 aliphatic heterocycles. The van der Waals surface area contributed by atoms with Gasteiger partial charge in [-0.05, 0) is 63.6 Å². The molecule has 0 aliphatic carbocycles. The summed E-state index contributed by atoms with van der Waals surface area (Å²) in [5.41, 5.74) is 1.24. The number of amides is 2. The van der Waals surface area contributed by atoms with E-state index in [2.05, 4.69) is 10.6 Å². The van der Waals surface area contributed by atoms with Gasteiger partial charge in [-0.25, -0.2) is 4.79 Å². The van der Waals surface area contributed by atoms with Crippen LogP contribution in [0.3, 0.4) is 0 Å². The Hall–Kier alpha value is -2.53. The molecule has 1 unspecified atom stereocenters. The van der Waals surface area contributed by atoms with Crippen molar-refractivity contribution in [2.45, 2.75) is 39.3 Å². The molecule has 2 rings (SSSR count). The lowest BCUT2D eigenvalue weighted by Crippen LogP contribution is -2.28. The van der Waals surface area contributed by atoms with Gasteiger partial charge in [0.25, 0.3) is 5.91 Å². The van der Waals surface area contributed by atoms with E-state index in [0.717, 1.165) is 5.56 Å². The zero-order valence-electron chi connectivity index (χ0n) is 15.3. The molecule has 0 aromatic heterocycles. The molecule has 2 N–H and O–H groups in total. The van der Waals surface area contributed by atoms with Gasteiger partial charge in [0.05, 0.1) is 6.04 Å². The van der Waals surface area contributed by atoms with Crippen LogP contribution in [0.1, 0.15) is 49.7 Å². The molecule has 2 aromatic rings. The molecule has 2 aromatic carbocycles. The molecule has 5 nitrogen and oxygen atoms in total. The summed E-state index contributed by atoms with van der Waals surface area (Å²) in [7, 11) is 0. The Kier molecular flexibility index (Phi) is 6.27. The van der Waals surface area contributed by atoms with Gasteiger partial charge in [0.15, 0.2) is 0 Å². The van der Waals surface area contributed by atoms with E-state index < -0.39 is 11.7 Å². The van der Waals surface area contributed by atoms with Gasteiger partial charge in [0, 0.05) is 16.3 Å². The van der Waals surface area contributed by atoms with Crippen LogP contribution in [0.5, 0.6) is 0 Å². The molecule has 0 saturated carbocycles. The Balaban J connectivity index is 2.04. The Bertz CT molecular complexity index is 800. The third-order valence-electron chi connectivity index (χ3n) is 3.47. The first-order chi connectivity index (χ1) is 12.1. The van der Waals surface area contributed by atoms with Crippen LogP contribution in [-0.2, 0) is 4.74 Å². The highest BCUT2D eigenvalue weighted by molar-refractivity contribution is 6.30. The van der Waals surface area contributed by atoms with Gasteiger partial charge in [0.1, 0.15) is 5.60 Å². The van der Waals surface area contributed by atoms with Gasteiger partial charge in [-0.1, -0.05) is 29.8 Å². The molecular formula is C20H23ClN2O3. The monoisotopic (exact) mass is 374 g/mol. The van der Waals surface area contributed by atoms with Gasteiger partial charge in [-0.3, -0.25) is 10.1 Å². The Labute approximate surface area is 158 Å². The Morgan fingerprint density at radius 1 is 1.08 bits per heavy atom. The summed E-state index contributed by atoms with van der Waals surface area (Å²) in [5.74, 6) is -0.245. The van der Waals surface area contributed by atoms with E-state index in [1.54, 1.807) is 51.1 Å². The van der Waals surface area contributed by atoms with Gasteiger partial charge < -0.3 is 10.1 Å². The van der Waals surface area contributed by atoms with Crippen molar-refractivity contribution < 1.29 is 14.3 Å². The van der Waals surface area contributed by atoms with E-state index in [9.17, 15) is 9.59 Å². The lowest BCUT2D eigenvalue weighted by Gasteiger charge is -2.20. The minimum Gasteiger partial charge on any atom is -0.444 e. The van der Waals surface area contributed by atoms with Crippen LogP contribution in [0.25, 0.3) is 0 Å². The second-order valence-corrected chi connectivity index (χ2v) is 7.39. The molecule has 6 heteroatoms. The van der Waals surface area contributed by atoms with E-state index in [1.807, 2.05) is 25.1 Å². The summed E-state index contributed by atoms with van der Waals surface area (Å²) < 4.78 is 5.21. The van der Waals surface area contributed by atoms with E-state index >= 15 is 0 Å². The minimum absolute atomic E-state index is 0.205. The predicted molar refractivity (Wildman–Crippen MR) is 104 cm³/mol. The number of benzene rings is 2. The van der Waals surface area contributed by atoms with Crippen LogP contribution in [0, 0.1) is 0 Å². The Morgan fingerprint density at radius 2 is 1.77 bits per heavy atom. The maximum Gasteiger partial charge on any atom is 0.412 e. The van der Waals surface area contributed by atoms with E-state index in [1.165, 1.54) is 0 Å². The van der Waals surface area contributed by atoms with Crippen LogP contribution in [0.4, 0.5) is 10.5 Å². The summed E-state index contributed by atoms with van der Waals surface area (Å²) in [4.78, 5) is 24.3. The molecule has 0 radical (unpaired) electrons. The average Bonchev–Trinajstić information content (AvgIpc) is 2.53. The molecule has 0 bridgehead atoms. The summed E-state index contributed by atoms with van der Waals surface area (Å²) in [6.07, 6.45) is -0.567. The highest BCUT2D eigenvalue weighted by atomic mass is 35.5. The first-order valence-corrected chi connectivity index (χ1v) is 8.68. The highest BCUT2D eigenvalue weighted by Gasteiger charge is 2.17. The summed E-state index contributed by atoms with van der Waals surface area (Å²) in [6, 6.07) is 13.8. The normalized spacial score (nSPS) is 12.2. The summed E-state index contributed by atoms with van der Waals surface area (Å²) in [5, 5.41) is 6.16. The quantitative estimate of drug-likeness (QED) is 0.774. The van der Waals surface area contributed by atoms with Crippen LogP contribution in [-0.4, -0.2) is 17.6 Å². The van der Waals surface area contributed by atoms with E-state index in [0.29, 0.717) is 16.3 Å². The number of carbonyl (C=O) groups excluding carboxylic acids is 2. The van der Waals surface area contributed by atoms with Crippen molar-refractivity contribution >= 4 is 29.3 Å². The van der Waals surface area contributed by atoms with Crippen molar-refractivity contribution in [1.82, 2.24) is 5.32 Å². The third kappa shape index (κ3) is 6.08. The molecule has 0 aliphatic rings. The number of halogens is 1. The van der Waals surface area contributed by atoms with Crippen molar-refractivity contribution in [3.05, 3.63) is 64.7 Å². The average molecular weight is 375 g/mol. The number of hydrogen-bond acceptors (Lipinski definition) is 3. The molecule has 26 heavy (non-hydrogen) atoms. The topological polar surface area (TPSA) is 67.4 Å². The fourth-order valence-electron chi connectivity index (χ4n) is 2.30. The maximum absolute atomic E-state index is 12.5. The SMILES string of the molecule is CC(NC(=O)c1cccc(NC(=O)OC(C)(C)C)c1)c1cccc(Cl)c1. The van der Waals surface area contributed by atoms with Crippen LogP contribution >= 0.6 is 11.6 Å². The molecule has 0 fully saturated rings. The number of hydrogen-bond donors (Lipinski definition) is 2. The predicted octanol–water partition coefficient (Wildman–Crippen LogP) is 5.18. The number of carbonyl (C=O) groups is 2. The zero-order chi connectivity index (χ0) is 19.3. The van der Waals surface area contributed by atoms with Gasteiger partial charge in [-0.2, -0.15) is 0 Å². The van der Waals surface area contributed by atoms with Gasteiger partial charge in [0.2, 0.25) is 0 Å². The second kappa shape index (κ2) is 8.23. The van der Waals surface area contributed by atoms with E-state index in [4.69, 9.17) is 16.3 Å². The maximum atomic E-state index is 12.5. The fraction of sp³-hybridized carbons (Fsp3) is 0.300. The minimum atomic E-state index is -0.592. The zero-order valence-corrected chi connectivity index (χ0v) is 16.1. The number of nitrogens with one attached hydrogen (secondary N) is 2. The third-order valence-corrected chi connectivity index (χ3v) is 3.70.